The molecule has 0 unspecified atom stereocenters. The number of piperidine rings is 2. The van der Waals surface area contributed by atoms with E-state index in [1.807, 2.05) is 27.7 Å². The number of rotatable bonds is 12. The quantitative estimate of drug-likeness (QED) is 0.229. The van der Waals surface area contributed by atoms with Gasteiger partial charge in [-0.05, 0) is 121 Å². The van der Waals surface area contributed by atoms with Crippen molar-refractivity contribution in [2.24, 2.45) is 11.3 Å². The van der Waals surface area contributed by atoms with Crippen LogP contribution in [0, 0.1) is 17.2 Å². The molecule has 2 amide bonds. The molecule has 3 fully saturated rings. The summed E-state index contributed by atoms with van der Waals surface area (Å²) in [7, 11) is -3.62. The van der Waals surface area contributed by atoms with E-state index in [9.17, 15) is 22.4 Å². The Labute approximate surface area is 312 Å². The Morgan fingerprint density at radius 1 is 1.02 bits per heavy atom. The fourth-order valence-corrected chi connectivity index (χ4v) is 9.36. The summed E-state index contributed by atoms with van der Waals surface area (Å²) >= 11 is 0. The Morgan fingerprint density at radius 2 is 1.68 bits per heavy atom. The smallest absolute Gasteiger partial charge is 0.258 e. The molecular weight excluding hydrogens is 698 g/mol. The molecule has 6 rings (SSSR count). The topological polar surface area (TPSA) is 128 Å². The average molecular weight is 748 g/mol. The lowest BCUT2D eigenvalue weighted by molar-refractivity contribution is -0.111. The fourth-order valence-electron chi connectivity index (χ4n) is 7.89. The summed E-state index contributed by atoms with van der Waals surface area (Å²) in [5, 5.41) is 2.64. The molecule has 53 heavy (non-hydrogen) atoms. The first-order valence-electron chi connectivity index (χ1n) is 18.4. The maximum atomic E-state index is 14.4. The molecule has 0 bridgehead atoms. The number of nitrogens with zero attached hydrogens (tertiary/aromatic N) is 6. The maximum Gasteiger partial charge on any atom is 0.258 e. The Bertz CT molecular complexity index is 1890. The van der Waals surface area contributed by atoms with E-state index in [1.165, 1.54) is 42.7 Å². The van der Waals surface area contributed by atoms with Crippen molar-refractivity contribution in [3.05, 3.63) is 79.0 Å². The first kappa shape index (κ1) is 38.3. The number of carbonyl (C=O) groups excluding carboxylic acids is 2. The lowest BCUT2D eigenvalue weighted by atomic mass is 9.72. The molecular formula is C39H50FN7O5S. The van der Waals surface area contributed by atoms with E-state index in [0.717, 1.165) is 58.4 Å². The highest BCUT2D eigenvalue weighted by Gasteiger charge is 2.46. The molecule has 0 aliphatic carbocycles. The number of likely N-dealkylation sites (tertiary alicyclic amines) is 1. The van der Waals surface area contributed by atoms with E-state index < -0.39 is 15.8 Å². The number of ether oxygens (including phenoxy) is 1. The molecule has 12 nitrogen and oxygen atoms in total. The molecule has 0 radical (unpaired) electrons. The third-order valence-corrected chi connectivity index (χ3v) is 12.6. The summed E-state index contributed by atoms with van der Waals surface area (Å²) in [6.45, 7) is 16.7. The van der Waals surface area contributed by atoms with Gasteiger partial charge in [0.1, 0.15) is 17.9 Å². The van der Waals surface area contributed by atoms with Crippen molar-refractivity contribution in [2.75, 3.05) is 56.0 Å². The minimum atomic E-state index is -3.62. The summed E-state index contributed by atoms with van der Waals surface area (Å²) in [5.74, 6) is 0.603. The Kier molecular flexibility index (Phi) is 11.5. The van der Waals surface area contributed by atoms with Gasteiger partial charge in [-0.1, -0.05) is 6.58 Å². The van der Waals surface area contributed by atoms with Crippen LogP contribution in [-0.4, -0.2) is 102 Å². The molecule has 2 aromatic carbocycles. The van der Waals surface area contributed by atoms with E-state index in [2.05, 4.69) is 31.7 Å². The van der Waals surface area contributed by atoms with Crippen LogP contribution in [0.25, 0.3) is 0 Å². The number of amides is 2. The summed E-state index contributed by atoms with van der Waals surface area (Å²) in [6.07, 6.45) is 7.98. The van der Waals surface area contributed by atoms with Crippen LogP contribution in [0.1, 0.15) is 63.7 Å². The second-order valence-corrected chi connectivity index (χ2v) is 17.0. The number of hydrogen-bond donors (Lipinski definition) is 1. The Balaban J connectivity index is 1.00. The molecule has 284 valence electrons. The van der Waals surface area contributed by atoms with Gasteiger partial charge in [-0.2, -0.15) is 4.31 Å². The summed E-state index contributed by atoms with van der Waals surface area (Å²) in [5.41, 5.74) is 0.846. The van der Waals surface area contributed by atoms with Gasteiger partial charge in [0.15, 0.2) is 11.6 Å². The van der Waals surface area contributed by atoms with Gasteiger partial charge in [-0.3, -0.25) is 9.59 Å². The molecule has 0 atom stereocenters. The van der Waals surface area contributed by atoms with E-state index in [4.69, 9.17) is 4.74 Å². The Morgan fingerprint density at radius 3 is 2.30 bits per heavy atom. The number of anilines is 2. The highest BCUT2D eigenvalue weighted by molar-refractivity contribution is 7.89. The van der Waals surface area contributed by atoms with Gasteiger partial charge >= 0.3 is 0 Å². The van der Waals surface area contributed by atoms with E-state index in [1.54, 1.807) is 27.5 Å². The second kappa shape index (κ2) is 15.9. The molecule has 1 spiro atoms. The van der Waals surface area contributed by atoms with Gasteiger partial charge in [0, 0.05) is 55.9 Å². The van der Waals surface area contributed by atoms with Crippen molar-refractivity contribution in [1.82, 2.24) is 24.1 Å². The molecule has 4 heterocycles. The third kappa shape index (κ3) is 8.55. The van der Waals surface area contributed by atoms with Crippen LogP contribution in [-0.2, 0) is 14.8 Å². The molecule has 0 saturated carbocycles. The lowest BCUT2D eigenvalue weighted by Crippen LogP contribution is -2.61. The number of halogens is 1. The highest BCUT2D eigenvalue weighted by Crippen LogP contribution is 2.45. The average Bonchev–Trinajstić information content (AvgIpc) is 3.12. The van der Waals surface area contributed by atoms with Crippen LogP contribution >= 0.6 is 0 Å². The first-order chi connectivity index (χ1) is 25.3. The summed E-state index contributed by atoms with van der Waals surface area (Å²) in [4.78, 5) is 40.5. The van der Waals surface area contributed by atoms with Crippen molar-refractivity contribution in [3.8, 4) is 11.5 Å². The molecule has 1 aromatic heterocycles. The van der Waals surface area contributed by atoms with E-state index in [0.29, 0.717) is 36.3 Å². The van der Waals surface area contributed by atoms with E-state index in [-0.39, 0.29) is 45.5 Å². The summed E-state index contributed by atoms with van der Waals surface area (Å²) < 4.78 is 48.9. The molecule has 1 N–H and O–H groups in total. The molecule has 3 aliphatic heterocycles. The zero-order valence-corrected chi connectivity index (χ0v) is 31.8. The van der Waals surface area contributed by atoms with Crippen LogP contribution in [0.15, 0.2) is 72.5 Å². The van der Waals surface area contributed by atoms with Crippen LogP contribution in [0.5, 0.6) is 11.5 Å². The van der Waals surface area contributed by atoms with E-state index >= 15 is 0 Å². The number of hydrogen-bond acceptors (Lipinski definition) is 9. The minimum Gasteiger partial charge on any atom is -0.451 e. The standard InChI is InChI=1S/C39H50FN7O5S/c1-6-36(48)43-31-8-10-32(11-9-31)53(50,51)46-17-13-29(14-18-46)23-44-19-15-39(16-20-44)24-45(25-39)37-35(22-41-26-42-37)52-34-12-7-30(40)21-33(34)38(49)47(27(2)3)28(4)5/h6-12,21-22,26-29H,1,13-20,23-25H2,2-5H3,(H,43,48). The molecule has 3 saturated heterocycles. The Hall–Kier alpha value is -4.40. The summed E-state index contributed by atoms with van der Waals surface area (Å²) in [6, 6.07) is 10.1. The van der Waals surface area contributed by atoms with Gasteiger partial charge in [-0.15, -0.1) is 0 Å². The fraction of sp³-hybridized carbons (Fsp3) is 0.487. The van der Waals surface area contributed by atoms with Crippen molar-refractivity contribution in [2.45, 2.75) is 70.4 Å². The van der Waals surface area contributed by atoms with Crippen LogP contribution < -0.4 is 15.0 Å². The van der Waals surface area contributed by atoms with Crippen molar-refractivity contribution < 1.29 is 27.1 Å². The van der Waals surface area contributed by atoms with Crippen LogP contribution in [0.4, 0.5) is 15.9 Å². The van der Waals surface area contributed by atoms with Crippen molar-refractivity contribution in [3.63, 3.8) is 0 Å². The third-order valence-electron chi connectivity index (χ3n) is 10.7. The van der Waals surface area contributed by atoms with Gasteiger partial charge < -0.3 is 24.8 Å². The molecule has 14 heteroatoms. The van der Waals surface area contributed by atoms with Gasteiger partial charge in [-0.25, -0.2) is 22.8 Å². The normalized spacial score (nSPS) is 18.2. The van der Waals surface area contributed by atoms with Gasteiger partial charge in [0.25, 0.3) is 5.91 Å². The maximum absolute atomic E-state index is 14.4. The van der Waals surface area contributed by atoms with Crippen LogP contribution in [0.2, 0.25) is 0 Å². The predicted molar refractivity (Wildman–Crippen MR) is 202 cm³/mol. The zero-order chi connectivity index (χ0) is 37.9. The monoisotopic (exact) mass is 747 g/mol. The largest absolute Gasteiger partial charge is 0.451 e. The highest BCUT2D eigenvalue weighted by atomic mass is 32.2. The van der Waals surface area contributed by atoms with Crippen molar-refractivity contribution in [1.29, 1.82) is 0 Å². The predicted octanol–water partition coefficient (Wildman–Crippen LogP) is 5.79. The first-order valence-corrected chi connectivity index (χ1v) is 19.8. The van der Waals surface area contributed by atoms with Gasteiger partial charge in [0.2, 0.25) is 15.9 Å². The SMILES string of the molecule is C=CC(=O)Nc1ccc(S(=O)(=O)N2CCC(CN3CCC4(CC3)CN(c3ncncc3Oc3ccc(F)cc3C(=O)N(C(C)C)C(C)C)C4)CC2)cc1. The number of carbonyl (C=O) groups is 2. The van der Waals surface area contributed by atoms with Crippen LogP contribution in [0.3, 0.4) is 0 Å². The molecule has 3 aliphatic rings. The molecule has 3 aromatic rings. The number of sulfonamides is 1. The lowest BCUT2D eigenvalue weighted by Gasteiger charge is -2.54. The minimum absolute atomic E-state index is 0.0777. The number of benzene rings is 2. The number of aromatic nitrogens is 2. The zero-order valence-electron chi connectivity index (χ0n) is 31.0. The van der Waals surface area contributed by atoms with Crippen molar-refractivity contribution >= 4 is 33.3 Å². The second-order valence-electron chi connectivity index (χ2n) is 15.1. The van der Waals surface area contributed by atoms with Gasteiger partial charge in [0.05, 0.1) is 16.7 Å². The number of nitrogens with one attached hydrogen (secondary N) is 1.